The second-order valence-corrected chi connectivity index (χ2v) is 8.58. The SMILES string of the molecule is CCC(C)(C)C1CCCCC1.COC(=O)c1ccc2c(c1)CCCC2N. The summed E-state index contributed by atoms with van der Waals surface area (Å²) in [4.78, 5) is 11.3. The van der Waals surface area contributed by atoms with E-state index >= 15 is 0 Å². The fraction of sp³-hybridized carbons (Fsp3) is 0.696. The Labute approximate surface area is 159 Å². The second-order valence-electron chi connectivity index (χ2n) is 8.58. The highest BCUT2D eigenvalue weighted by Gasteiger charge is 2.28. The number of aryl methyl sites for hydroxylation is 1. The smallest absolute Gasteiger partial charge is 0.337 e. The van der Waals surface area contributed by atoms with Gasteiger partial charge in [0.1, 0.15) is 0 Å². The predicted molar refractivity (Wildman–Crippen MR) is 108 cm³/mol. The number of nitrogens with two attached hydrogens (primary N) is 1. The number of esters is 1. The molecule has 3 heteroatoms. The van der Waals surface area contributed by atoms with Crippen molar-refractivity contribution in [2.24, 2.45) is 17.1 Å². The zero-order valence-corrected chi connectivity index (χ0v) is 17.1. The molecule has 2 aliphatic rings. The number of hydrogen-bond donors (Lipinski definition) is 1. The quantitative estimate of drug-likeness (QED) is 0.693. The van der Waals surface area contributed by atoms with Gasteiger partial charge in [-0.2, -0.15) is 0 Å². The van der Waals surface area contributed by atoms with Gasteiger partial charge in [-0.15, -0.1) is 0 Å². The van der Waals surface area contributed by atoms with Crippen LogP contribution in [-0.4, -0.2) is 13.1 Å². The first kappa shape index (κ1) is 21.0. The van der Waals surface area contributed by atoms with Crippen LogP contribution in [0.15, 0.2) is 18.2 Å². The number of carbonyl (C=O) groups is 1. The minimum atomic E-state index is -0.281. The molecule has 1 fully saturated rings. The zero-order chi connectivity index (χ0) is 19.2. The molecule has 1 saturated carbocycles. The number of methoxy groups -OCH3 is 1. The molecule has 2 aliphatic carbocycles. The zero-order valence-electron chi connectivity index (χ0n) is 17.1. The third-order valence-electron chi connectivity index (χ3n) is 6.55. The van der Waals surface area contributed by atoms with Gasteiger partial charge in [-0.3, -0.25) is 0 Å². The molecule has 1 aromatic carbocycles. The van der Waals surface area contributed by atoms with Gasteiger partial charge in [0, 0.05) is 6.04 Å². The van der Waals surface area contributed by atoms with Gasteiger partial charge in [0.25, 0.3) is 0 Å². The standard InChI is InChI=1S/C12H15NO2.C11H22/c1-15-12(14)9-5-6-10-8(7-9)3-2-4-11(10)13;1-4-11(2,3)10-8-6-5-7-9-10/h5-7,11H,2-4,13H2,1H3;10H,4-9H2,1-3H3. The maximum absolute atomic E-state index is 11.3. The normalized spacial score (nSPS) is 20.6. The topological polar surface area (TPSA) is 52.3 Å². The number of carbonyl (C=O) groups excluding carboxylic acids is 1. The first-order valence-electron chi connectivity index (χ1n) is 10.4. The Morgan fingerprint density at radius 1 is 1.15 bits per heavy atom. The van der Waals surface area contributed by atoms with Gasteiger partial charge in [-0.1, -0.05) is 52.5 Å². The van der Waals surface area contributed by atoms with E-state index in [9.17, 15) is 4.79 Å². The molecule has 146 valence electrons. The van der Waals surface area contributed by atoms with E-state index in [4.69, 9.17) is 5.73 Å². The minimum Gasteiger partial charge on any atom is -0.465 e. The van der Waals surface area contributed by atoms with Gasteiger partial charge >= 0.3 is 5.97 Å². The molecule has 1 atom stereocenters. The fourth-order valence-corrected chi connectivity index (χ4v) is 4.27. The Hall–Kier alpha value is -1.35. The Morgan fingerprint density at radius 3 is 2.46 bits per heavy atom. The molecule has 1 unspecified atom stereocenters. The predicted octanol–water partition coefficient (Wildman–Crippen LogP) is 5.81. The molecule has 0 spiro atoms. The van der Waals surface area contributed by atoms with Gasteiger partial charge < -0.3 is 10.5 Å². The number of ether oxygens (including phenoxy) is 1. The molecule has 0 saturated heterocycles. The maximum atomic E-state index is 11.3. The first-order valence-corrected chi connectivity index (χ1v) is 10.4. The molecule has 0 bridgehead atoms. The Bertz CT molecular complexity index is 588. The van der Waals surface area contributed by atoms with Crippen LogP contribution in [0, 0.1) is 11.3 Å². The number of benzene rings is 1. The fourth-order valence-electron chi connectivity index (χ4n) is 4.27. The molecule has 3 nitrogen and oxygen atoms in total. The summed E-state index contributed by atoms with van der Waals surface area (Å²) in [7, 11) is 1.40. The highest BCUT2D eigenvalue weighted by molar-refractivity contribution is 5.89. The summed E-state index contributed by atoms with van der Waals surface area (Å²) >= 11 is 0. The van der Waals surface area contributed by atoms with E-state index in [0.717, 1.165) is 25.2 Å². The molecule has 0 amide bonds. The van der Waals surface area contributed by atoms with E-state index in [1.807, 2.05) is 12.1 Å². The van der Waals surface area contributed by atoms with Crippen LogP contribution in [0.1, 0.15) is 99.7 Å². The van der Waals surface area contributed by atoms with Crippen molar-refractivity contribution >= 4 is 5.97 Å². The van der Waals surface area contributed by atoms with E-state index in [1.165, 1.54) is 56.8 Å². The summed E-state index contributed by atoms with van der Waals surface area (Å²) in [6.07, 6.45) is 11.9. The van der Waals surface area contributed by atoms with Gasteiger partial charge in [-0.25, -0.2) is 4.79 Å². The lowest BCUT2D eigenvalue weighted by molar-refractivity contribution is 0.0600. The lowest BCUT2D eigenvalue weighted by Crippen LogP contribution is -2.25. The molecule has 1 aromatic rings. The number of rotatable bonds is 3. The molecular formula is C23H37NO2. The third kappa shape index (κ3) is 5.33. The van der Waals surface area contributed by atoms with Crippen molar-refractivity contribution in [2.45, 2.75) is 84.6 Å². The van der Waals surface area contributed by atoms with Crippen molar-refractivity contribution in [3.63, 3.8) is 0 Å². The van der Waals surface area contributed by atoms with Crippen molar-refractivity contribution in [1.29, 1.82) is 0 Å². The lowest BCUT2D eigenvalue weighted by Gasteiger charge is -2.36. The van der Waals surface area contributed by atoms with Crippen LogP contribution in [0.5, 0.6) is 0 Å². The van der Waals surface area contributed by atoms with Gasteiger partial charge in [0.05, 0.1) is 12.7 Å². The Balaban J connectivity index is 0.000000197. The summed E-state index contributed by atoms with van der Waals surface area (Å²) < 4.78 is 4.68. The lowest BCUT2D eigenvalue weighted by atomic mass is 9.70. The molecule has 3 rings (SSSR count). The molecule has 0 aliphatic heterocycles. The maximum Gasteiger partial charge on any atom is 0.337 e. The molecule has 0 heterocycles. The monoisotopic (exact) mass is 359 g/mol. The average molecular weight is 360 g/mol. The van der Waals surface area contributed by atoms with Crippen molar-refractivity contribution < 1.29 is 9.53 Å². The molecule has 0 aromatic heterocycles. The molecule has 26 heavy (non-hydrogen) atoms. The summed E-state index contributed by atoms with van der Waals surface area (Å²) in [6.45, 7) is 7.20. The van der Waals surface area contributed by atoms with Gasteiger partial charge in [0.15, 0.2) is 0 Å². The highest BCUT2D eigenvalue weighted by Crippen LogP contribution is 2.40. The molecule has 0 radical (unpaired) electrons. The van der Waals surface area contributed by atoms with E-state index < -0.39 is 0 Å². The Kier molecular flexibility index (Phi) is 7.69. The van der Waals surface area contributed by atoms with Crippen LogP contribution >= 0.6 is 0 Å². The van der Waals surface area contributed by atoms with Gasteiger partial charge in [0.2, 0.25) is 0 Å². The van der Waals surface area contributed by atoms with Gasteiger partial charge in [-0.05, 0) is 66.7 Å². The van der Waals surface area contributed by atoms with E-state index in [-0.39, 0.29) is 12.0 Å². The van der Waals surface area contributed by atoms with Crippen LogP contribution in [0.2, 0.25) is 0 Å². The van der Waals surface area contributed by atoms with E-state index in [1.54, 1.807) is 6.07 Å². The summed E-state index contributed by atoms with van der Waals surface area (Å²) in [5, 5.41) is 0. The summed E-state index contributed by atoms with van der Waals surface area (Å²) in [6, 6.07) is 5.77. The summed E-state index contributed by atoms with van der Waals surface area (Å²) in [5.41, 5.74) is 9.58. The Morgan fingerprint density at radius 2 is 1.85 bits per heavy atom. The van der Waals surface area contributed by atoms with Crippen LogP contribution in [0.3, 0.4) is 0 Å². The minimum absolute atomic E-state index is 0.125. The van der Waals surface area contributed by atoms with Crippen LogP contribution < -0.4 is 5.73 Å². The van der Waals surface area contributed by atoms with Crippen molar-refractivity contribution in [3.8, 4) is 0 Å². The van der Waals surface area contributed by atoms with E-state index in [2.05, 4.69) is 25.5 Å². The molecular weight excluding hydrogens is 322 g/mol. The highest BCUT2D eigenvalue weighted by atomic mass is 16.5. The first-order chi connectivity index (χ1) is 12.4. The van der Waals surface area contributed by atoms with Crippen molar-refractivity contribution in [1.82, 2.24) is 0 Å². The van der Waals surface area contributed by atoms with Crippen LogP contribution in [-0.2, 0) is 11.2 Å². The van der Waals surface area contributed by atoms with E-state index in [0.29, 0.717) is 11.0 Å². The third-order valence-corrected chi connectivity index (χ3v) is 6.55. The largest absolute Gasteiger partial charge is 0.465 e. The van der Waals surface area contributed by atoms with Crippen LogP contribution in [0.25, 0.3) is 0 Å². The van der Waals surface area contributed by atoms with Crippen LogP contribution in [0.4, 0.5) is 0 Å². The van der Waals surface area contributed by atoms with Crippen molar-refractivity contribution in [2.75, 3.05) is 7.11 Å². The van der Waals surface area contributed by atoms with Crippen molar-refractivity contribution in [3.05, 3.63) is 34.9 Å². The number of hydrogen-bond acceptors (Lipinski definition) is 3. The second kappa shape index (κ2) is 9.55. The average Bonchev–Trinajstić information content (AvgIpc) is 2.68. The number of fused-ring (bicyclic) bond motifs is 1. The summed E-state index contributed by atoms with van der Waals surface area (Å²) in [5.74, 6) is 0.734. The molecule has 2 N–H and O–H groups in total.